The predicted octanol–water partition coefficient (Wildman–Crippen LogP) is 4.18. The van der Waals surface area contributed by atoms with Gasteiger partial charge >= 0.3 is 11.8 Å². The second-order valence-electron chi connectivity index (χ2n) is 7.27. The lowest BCUT2D eigenvalue weighted by Crippen LogP contribution is -2.29. The second-order valence-corrected chi connectivity index (χ2v) is 7.27. The number of benzene rings is 2. The lowest BCUT2D eigenvalue weighted by atomic mass is 10.1. The van der Waals surface area contributed by atoms with Gasteiger partial charge < -0.3 is 15.4 Å². The molecule has 3 rings (SSSR count). The van der Waals surface area contributed by atoms with Crippen molar-refractivity contribution < 1.29 is 14.3 Å². The van der Waals surface area contributed by atoms with Crippen LogP contribution in [0.15, 0.2) is 42.5 Å². The smallest absolute Gasteiger partial charge is 0.314 e. The summed E-state index contributed by atoms with van der Waals surface area (Å²) in [4.78, 5) is 24.6. The Labute approximate surface area is 160 Å². The Morgan fingerprint density at radius 3 is 2.56 bits per heavy atom. The summed E-state index contributed by atoms with van der Waals surface area (Å²) in [5.41, 5.74) is 3.72. The largest absolute Gasteiger partial charge is 0.491 e. The minimum atomic E-state index is -0.713. The number of para-hydroxylation sites is 2. The van der Waals surface area contributed by atoms with E-state index in [-0.39, 0.29) is 0 Å². The Morgan fingerprint density at radius 2 is 1.74 bits per heavy atom. The van der Waals surface area contributed by atoms with Crippen LogP contribution in [0.2, 0.25) is 0 Å². The molecule has 27 heavy (non-hydrogen) atoms. The van der Waals surface area contributed by atoms with Gasteiger partial charge in [-0.05, 0) is 67.0 Å². The number of hydrogen-bond donors (Lipinski definition) is 2. The molecule has 2 N–H and O–H groups in total. The van der Waals surface area contributed by atoms with E-state index in [1.54, 1.807) is 18.2 Å². The lowest BCUT2D eigenvalue weighted by Gasteiger charge is -2.13. The van der Waals surface area contributed by atoms with E-state index in [1.807, 2.05) is 24.3 Å². The van der Waals surface area contributed by atoms with E-state index in [4.69, 9.17) is 4.74 Å². The second kappa shape index (κ2) is 8.71. The van der Waals surface area contributed by atoms with Gasteiger partial charge in [0.15, 0.2) is 0 Å². The number of rotatable bonds is 6. The van der Waals surface area contributed by atoms with Crippen LogP contribution >= 0.6 is 0 Å². The summed E-state index contributed by atoms with van der Waals surface area (Å²) in [7, 11) is 0. The fourth-order valence-electron chi connectivity index (χ4n) is 3.12. The Morgan fingerprint density at radius 1 is 1.00 bits per heavy atom. The Balaban J connectivity index is 1.60. The van der Waals surface area contributed by atoms with E-state index in [0.29, 0.717) is 29.6 Å². The standard InChI is InChI=1S/C22H26N2O3/c1-15(2)12-13-27-20-9-4-3-8-19(20)24-22(26)21(25)23-18-11-10-16-6-5-7-17(16)14-18/h3-4,8-11,14-15H,5-7,12-13H2,1-2H3,(H,23,25)(H,24,26). The van der Waals surface area contributed by atoms with Crippen LogP contribution in [0.3, 0.4) is 0 Å². The quantitative estimate of drug-likeness (QED) is 0.754. The summed E-state index contributed by atoms with van der Waals surface area (Å²) in [5.74, 6) is -0.304. The van der Waals surface area contributed by atoms with Crippen LogP contribution in [-0.2, 0) is 22.4 Å². The fourth-order valence-corrected chi connectivity index (χ4v) is 3.12. The molecule has 0 aliphatic heterocycles. The molecule has 0 fully saturated rings. The Bertz CT molecular complexity index is 830. The topological polar surface area (TPSA) is 67.4 Å². The molecule has 0 atom stereocenters. The minimum Gasteiger partial charge on any atom is -0.491 e. The van der Waals surface area contributed by atoms with E-state index in [0.717, 1.165) is 25.7 Å². The number of nitrogens with one attached hydrogen (secondary N) is 2. The number of fused-ring (bicyclic) bond motifs is 1. The molecule has 2 aromatic carbocycles. The van der Waals surface area contributed by atoms with Crippen molar-refractivity contribution in [2.24, 2.45) is 5.92 Å². The highest BCUT2D eigenvalue weighted by molar-refractivity contribution is 6.43. The van der Waals surface area contributed by atoms with Gasteiger partial charge in [0.05, 0.1) is 12.3 Å². The average Bonchev–Trinajstić information content (AvgIpc) is 3.10. The summed E-state index contributed by atoms with van der Waals surface area (Å²) >= 11 is 0. The molecular weight excluding hydrogens is 340 g/mol. The molecular formula is C22H26N2O3. The summed E-state index contributed by atoms with van der Waals surface area (Å²) < 4.78 is 5.75. The molecule has 5 heteroatoms. The summed E-state index contributed by atoms with van der Waals surface area (Å²) in [6.07, 6.45) is 4.16. The van der Waals surface area contributed by atoms with Crippen LogP contribution in [-0.4, -0.2) is 18.4 Å². The van der Waals surface area contributed by atoms with Crippen LogP contribution in [0.25, 0.3) is 0 Å². The first kappa shape index (κ1) is 19.0. The van der Waals surface area contributed by atoms with Gasteiger partial charge in [-0.1, -0.05) is 32.0 Å². The Hall–Kier alpha value is -2.82. The molecule has 1 aliphatic carbocycles. The van der Waals surface area contributed by atoms with Crippen LogP contribution in [0.5, 0.6) is 5.75 Å². The van der Waals surface area contributed by atoms with Crippen molar-refractivity contribution in [1.29, 1.82) is 0 Å². The van der Waals surface area contributed by atoms with Crippen molar-refractivity contribution in [3.8, 4) is 5.75 Å². The zero-order valence-corrected chi connectivity index (χ0v) is 15.9. The lowest BCUT2D eigenvalue weighted by molar-refractivity contribution is -0.133. The van der Waals surface area contributed by atoms with Gasteiger partial charge in [0.1, 0.15) is 5.75 Å². The molecule has 5 nitrogen and oxygen atoms in total. The van der Waals surface area contributed by atoms with Gasteiger partial charge in [-0.25, -0.2) is 0 Å². The van der Waals surface area contributed by atoms with E-state index in [1.165, 1.54) is 11.1 Å². The Kier molecular flexibility index (Phi) is 6.12. The summed E-state index contributed by atoms with van der Waals surface area (Å²) in [5, 5.41) is 5.32. The van der Waals surface area contributed by atoms with E-state index < -0.39 is 11.8 Å². The van der Waals surface area contributed by atoms with Crippen molar-refractivity contribution >= 4 is 23.2 Å². The first-order valence-electron chi connectivity index (χ1n) is 9.49. The zero-order chi connectivity index (χ0) is 19.2. The van der Waals surface area contributed by atoms with Crippen molar-refractivity contribution in [1.82, 2.24) is 0 Å². The number of hydrogen-bond acceptors (Lipinski definition) is 3. The van der Waals surface area contributed by atoms with Crippen LogP contribution in [0.1, 0.15) is 37.8 Å². The first-order valence-corrected chi connectivity index (χ1v) is 9.49. The molecule has 0 spiro atoms. The third-order valence-corrected chi connectivity index (χ3v) is 4.65. The molecule has 0 bridgehead atoms. The van der Waals surface area contributed by atoms with E-state index >= 15 is 0 Å². The average molecular weight is 366 g/mol. The zero-order valence-electron chi connectivity index (χ0n) is 15.9. The van der Waals surface area contributed by atoms with Crippen LogP contribution < -0.4 is 15.4 Å². The number of aryl methyl sites for hydroxylation is 2. The van der Waals surface area contributed by atoms with Crippen molar-refractivity contribution in [2.75, 3.05) is 17.2 Å². The highest BCUT2D eigenvalue weighted by atomic mass is 16.5. The third-order valence-electron chi connectivity index (χ3n) is 4.65. The molecule has 0 radical (unpaired) electrons. The molecule has 0 saturated heterocycles. The van der Waals surface area contributed by atoms with Gasteiger partial charge in [0.25, 0.3) is 0 Å². The van der Waals surface area contributed by atoms with Crippen LogP contribution in [0, 0.1) is 5.92 Å². The molecule has 0 heterocycles. The van der Waals surface area contributed by atoms with Gasteiger partial charge in [-0.2, -0.15) is 0 Å². The maximum atomic E-state index is 12.3. The molecule has 2 amide bonds. The number of amides is 2. The maximum absolute atomic E-state index is 12.3. The molecule has 0 aromatic heterocycles. The monoisotopic (exact) mass is 366 g/mol. The highest BCUT2D eigenvalue weighted by Crippen LogP contribution is 2.26. The molecule has 0 unspecified atom stereocenters. The van der Waals surface area contributed by atoms with Gasteiger partial charge in [-0.3, -0.25) is 9.59 Å². The van der Waals surface area contributed by atoms with Crippen molar-refractivity contribution in [2.45, 2.75) is 39.5 Å². The van der Waals surface area contributed by atoms with E-state index in [2.05, 4.69) is 24.5 Å². The van der Waals surface area contributed by atoms with Crippen molar-refractivity contribution in [3.63, 3.8) is 0 Å². The molecule has 1 aliphatic rings. The normalized spacial score (nSPS) is 12.6. The maximum Gasteiger partial charge on any atom is 0.314 e. The minimum absolute atomic E-state index is 0.496. The number of carbonyl (C=O) groups excluding carboxylic acids is 2. The molecule has 0 saturated carbocycles. The summed E-state index contributed by atoms with van der Waals surface area (Å²) in [6, 6.07) is 13.0. The number of carbonyl (C=O) groups is 2. The highest BCUT2D eigenvalue weighted by Gasteiger charge is 2.17. The van der Waals surface area contributed by atoms with Gasteiger partial charge in [0, 0.05) is 5.69 Å². The fraction of sp³-hybridized carbons (Fsp3) is 0.364. The summed E-state index contributed by atoms with van der Waals surface area (Å²) in [6.45, 7) is 4.81. The molecule has 2 aromatic rings. The third kappa shape index (κ3) is 5.09. The number of anilines is 2. The first-order chi connectivity index (χ1) is 13.0. The predicted molar refractivity (Wildman–Crippen MR) is 107 cm³/mol. The van der Waals surface area contributed by atoms with Gasteiger partial charge in [-0.15, -0.1) is 0 Å². The van der Waals surface area contributed by atoms with Gasteiger partial charge in [0.2, 0.25) is 0 Å². The number of ether oxygens (including phenoxy) is 1. The SMILES string of the molecule is CC(C)CCOc1ccccc1NC(=O)C(=O)Nc1ccc2c(c1)CCC2. The van der Waals surface area contributed by atoms with Crippen LogP contribution in [0.4, 0.5) is 11.4 Å². The van der Waals surface area contributed by atoms with E-state index in [9.17, 15) is 9.59 Å². The van der Waals surface area contributed by atoms with Crippen molar-refractivity contribution in [3.05, 3.63) is 53.6 Å². The molecule has 142 valence electrons.